The SMILES string of the molecule is Cc1c(CNc2cc(OCc3cncc(C#N)c3)c(CN)cc2Cl)cccc1-c1ccc2c(c1)OCCO2. The van der Waals surface area contributed by atoms with Crippen molar-refractivity contribution in [3.63, 3.8) is 0 Å². The number of hydrogen-bond donors (Lipinski definition) is 2. The Labute approximate surface area is 226 Å². The second-order valence-electron chi connectivity index (χ2n) is 8.93. The number of hydrogen-bond acceptors (Lipinski definition) is 7. The standard InChI is InChI=1S/C30H27ClN4O3/c1-19-23(3-2-4-25(19)22-5-6-28-30(11-22)37-8-7-36-28)17-35-27-12-29(24(14-33)10-26(27)31)38-18-21-9-20(13-32)15-34-16-21/h2-6,9-12,15-16,35H,7-8,14,17-18,33H2,1H3. The van der Waals surface area contributed by atoms with Gasteiger partial charge < -0.3 is 25.3 Å². The van der Waals surface area contributed by atoms with Crippen molar-refractivity contribution in [3.8, 4) is 34.4 Å². The molecule has 0 unspecified atom stereocenters. The van der Waals surface area contributed by atoms with E-state index in [4.69, 9.17) is 36.8 Å². The molecule has 1 aliphatic heterocycles. The van der Waals surface area contributed by atoms with Crippen LogP contribution < -0.4 is 25.3 Å². The number of rotatable bonds is 8. The molecule has 4 aromatic rings. The zero-order valence-electron chi connectivity index (χ0n) is 21.0. The first-order valence-electron chi connectivity index (χ1n) is 12.3. The summed E-state index contributed by atoms with van der Waals surface area (Å²) in [5.74, 6) is 2.17. The molecule has 0 spiro atoms. The van der Waals surface area contributed by atoms with E-state index in [1.807, 2.05) is 30.3 Å². The minimum Gasteiger partial charge on any atom is -0.488 e. The lowest BCUT2D eigenvalue weighted by molar-refractivity contribution is 0.171. The van der Waals surface area contributed by atoms with Crippen LogP contribution in [0.4, 0.5) is 5.69 Å². The fraction of sp³-hybridized carbons (Fsp3) is 0.200. The molecule has 0 radical (unpaired) electrons. The number of fused-ring (bicyclic) bond motifs is 1. The number of nitriles is 1. The number of halogens is 1. The average Bonchev–Trinajstić information content (AvgIpc) is 2.96. The molecule has 3 N–H and O–H groups in total. The van der Waals surface area contributed by atoms with Gasteiger partial charge >= 0.3 is 0 Å². The maximum Gasteiger partial charge on any atom is 0.161 e. The van der Waals surface area contributed by atoms with Crippen molar-refractivity contribution >= 4 is 17.3 Å². The molecule has 5 rings (SSSR count). The Morgan fingerprint density at radius 1 is 1.05 bits per heavy atom. The number of pyridine rings is 1. The van der Waals surface area contributed by atoms with Crippen LogP contribution in [-0.2, 0) is 19.7 Å². The Kier molecular flexibility index (Phi) is 7.64. The van der Waals surface area contributed by atoms with Crippen LogP contribution in [0.3, 0.4) is 0 Å². The van der Waals surface area contributed by atoms with Gasteiger partial charge in [0.25, 0.3) is 0 Å². The van der Waals surface area contributed by atoms with Gasteiger partial charge in [0.15, 0.2) is 11.5 Å². The highest BCUT2D eigenvalue weighted by atomic mass is 35.5. The number of nitrogens with zero attached hydrogens (tertiary/aromatic N) is 2. The second kappa shape index (κ2) is 11.4. The first-order chi connectivity index (χ1) is 18.6. The quantitative estimate of drug-likeness (QED) is 0.290. The molecule has 2 heterocycles. The first kappa shape index (κ1) is 25.4. The van der Waals surface area contributed by atoms with Gasteiger partial charge in [-0.15, -0.1) is 0 Å². The van der Waals surface area contributed by atoms with Gasteiger partial charge in [-0.05, 0) is 53.4 Å². The maximum atomic E-state index is 9.12. The third kappa shape index (κ3) is 5.52. The zero-order valence-corrected chi connectivity index (χ0v) is 21.7. The van der Waals surface area contributed by atoms with Gasteiger partial charge in [-0.1, -0.05) is 35.9 Å². The second-order valence-corrected chi connectivity index (χ2v) is 9.34. The van der Waals surface area contributed by atoms with Gasteiger partial charge in [-0.25, -0.2) is 0 Å². The van der Waals surface area contributed by atoms with Gasteiger partial charge in [-0.2, -0.15) is 5.26 Å². The number of nitrogens with two attached hydrogens (primary N) is 1. The largest absolute Gasteiger partial charge is 0.488 e. The van der Waals surface area contributed by atoms with Crippen molar-refractivity contribution in [2.75, 3.05) is 18.5 Å². The Morgan fingerprint density at radius 3 is 2.71 bits per heavy atom. The molecular formula is C30H27ClN4O3. The van der Waals surface area contributed by atoms with Crippen LogP contribution in [0.5, 0.6) is 17.2 Å². The van der Waals surface area contributed by atoms with E-state index in [9.17, 15) is 0 Å². The van der Waals surface area contributed by atoms with Crippen LogP contribution in [0.1, 0.15) is 27.8 Å². The van der Waals surface area contributed by atoms with Crippen molar-refractivity contribution in [3.05, 3.63) is 99.8 Å². The smallest absolute Gasteiger partial charge is 0.161 e. The monoisotopic (exact) mass is 526 g/mol. The van der Waals surface area contributed by atoms with E-state index in [-0.39, 0.29) is 13.2 Å². The minimum atomic E-state index is 0.257. The summed E-state index contributed by atoms with van der Waals surface area (Å²) >= 11 is 6.59. The topological polar surface area (TPSA) is 102 Å². The van der Waals surface area contributed by atoms with Crippen molar-refractivity contribution in [1.29, 1.82) is 5.26 Å². The summed E-state index contributed by atoms with van der Waals surface area (Å²) < 4.78 is 17.5. The minimum absolute atomic E-state index is 0.257. The van der Waals surface area contributed by atoms with Crippen molar-refractivity contribution in [1.82, 2.24) is 4.98 Å². The fourth-order valence-corrected chi connectivity index (χ4v) is 4.65. The summed E-state index contributed by atoms with van der Waals surface area (Å²) in [5, 5.41) is 13.1. The molecule has 192 valence electrons. The average molecular weight is 527 g/mol. The zero-order chi connectivity index (χ0) is 26.5. The van der Waals surface area contributed by atoms with E-state index in [2.05, 4.69) is 41.5 Å². The molecule has 0 aliphatic carbocycles. The van der Waals surface area contributed by atoms with Gasteiger partial charge in [-0.3, -0.25) is 4.98 Å². The molecule has 1 aromatic heterocycles. The van der Waals surface area contributed by atoms with E-state index in [1.54, 1.807) is 12.3 Å². The number of aromatic nitrogens is 1. The lowest BCUT2D eigenvalue weighted by atomic mass is 9.96. The summed E-state index contributed by atoms with van der Waals surface area (Å²) in [7, 11) is 0. The molecule has 7 nitrogen and oxygen atoms in total. The molecule has 0 bridgehead atoms. The molecule has 8 heteroatoms. The fourth-order valence-electron chi connectivity index (χ4n) is 4.40. The van der Waals surface area contributed by atoms with E-state index in [1.165, 1.54) is 6.20 Å². The van der Waals surface area contributed by atoms with Crippen molar-refractivity contribution in [2.45, 2.75) is 26.6 Å². The third-order valence-corrected chi connectivity index (χ3v) is 6.77. The Hall–Kier alpha value is -4.25. The van der Waals surface area contributed by atoms with Gasteiger partial charge in [0.05, 0.1) is 16.3 Å². The molecule has 3 aromatic carbocycles. The number of nitrogens with one attached hydrogen (secondary N) is 1. The highest BCUT2D eigenvalue weighted by Crippen LogP contribution is 2.37. The Balaban J connectivity index is 1.34. The summed E-state index contributed by atoms with van der Waals surface area (Å²) in [6, 6.07) is 19.8. The third-order valence-electron chi connectivity index (χ3n) is 6.46. The van der Waals surface area contributed by atoms with Crippen LogP contribution >= 0.6 is 11.6 Å². The maximum absolute atomic E-state index is 9.12. The highest BCUT2D eigenvalue weighted by molar-refractivity contribution is 6.33. The lowest BCUT2D eigenvalue weighted by Crippen LogP contribution is -2.15. The first-order valence-corrected chi connectivity index (χ1v) is 12.6. The summed E-state index contributed by atoms with van der Waals surface area (Å²) in [5.41, 5.74) is 13.3. The molecular weight excluding hydrogens is 500 g/mol. The lowest BCUT2D eigenvalue weighted by Gasteiger charge is -2.20. The summed E-state index contributed by atoms with van der Waals surface area (Å²) in [6.07, 6.45) is 3.19. The molecule has 0 saturated heterocycles. The van der Waals surface area contributed by atoms with Gasteiger partial charge in [0.2, 0.25) is 0 Å². The molecule has 38 heavy (non-hydrogen) atoms. The highest BCUT2D eigenvalue weighted by Gasteiger charge is 2.15. The summed E-state index contributed by atoms with van der Waals surface area (Å²) in [4.78, 5) is 4.09. The van der Waals surface area contributed by atoms with Crippen LogP contribution in [0.2, 0.25) is 5.02 Å². The van der Waals surface area contributed by atoms with Gasteiger partial charge in [0, 0.05) is 42.7 Å². The predicted octanol–water partition coefficient (Wildman–Crippen LogP) is 6.00. The number of benzene rings is 3. The van der Waals surface area contributed by atoms with E-state index in [0.717, 1.165) is 50.6 Å². The normalized spacial score (nSPS) is 12.1. The molecule has 1 aliphatic rings. The van der Waals surface area contributed by atoms with E-state index >= 15 is 0 Å². The van der Waals surface area contributed by atoms with E-state index in [0.29, 0.717) is 36.1 Å². The molecule has 0 saturated carbocycles. The van der Waals surface area contributed by atoms with E-state index < -0.39 is 0 Å². The number of anilines is 1. The van der Waals surface area contributed by atoms with Crippen molar-refractivity contribution in [2.24, 2.45) is 5.73 Å². The predicted molar refractivity (Wildman–Crippen MR) is 148 cm³/mol. The molecule has 0 fully saturated rings. The van der Waals surface area contributed by atoms with Crippen LogP contribution in [-0.4, -0.2) is 18.2 Å². The van der Waals surface area contributed by atoms with Crippen molar-refractivity contribution < 1.29 is 14.2 Å². The van der Waals surface area contributed by atoms with Crippen LogP contribution in [0, 0.1) is 18.3 Å². The van der Waals surface area contributed by atoms with Gasteiger partial charge in [0.1, 0.15) is 31.6 Å². The molecule has 0 amide bonds. The Bertz CT molecular complexity index is 1520. The number of ether oxygens (including phenoxy) is 3. The molecule has 0 atom stereocenters. The van der Waals surface area contributed by atoms with Crippen LogP contribution in [0.25, 0.3) is 11.1 Å². The summed E-state index contributed by atoms with van der Waals surface area (Å²) in [6.45, 7) is 4.34. The van der Waals surface area contributed by atoms with Crippen LogP contribution in [0.15, 0.2) is 67.0 Å². The Morgan fingerprint density at radius 2 is 1.89 bits per heavy atom.